The molecule has 0 radical (unpaired) electrons. The lowest BCUT2D eigenvalue weighted by Crippen LogP contribution is -2.42. The second-order valence-corrected chi connectivity index (χ2v) is 5.65. The van der Waals surface area contributed by atoms with E-state index in [1.54, 1.807) is 0 Å². The molecule has 1 aliphatic rings. The van der Waals surface area contributed by atoms with E-state index in [4.69, 9.17) is 5.73 Å². The number of fused-ring (bicyclic) bond motifs is 1. The number of anilines is 1. The molecule has 2 rings (SSSR count). The molecule has 1 heterocycles. The van der Waals surface area contributed by atoms with Gasteiger partial charge in [0.1, 0.15) is 0 Å². The predicted octanol–water partition coefficient (Wildman–Crippen LogP) is 2.87. The molecule has 0 fully saturated rings. The fraction of sp³-hybridized carbons (Fsp3) is 0.562. The molecule has 0 spiro atoms. The minimum Gasteiger partial charge on any atom is -0.328 e. The summed E-state index contributed by atoms with van der Waals surface area (Å²) < 4.78 is 0. The number of carbonyl (C=O) groups is 1. The lowest BCUT2D eigenvalue weighted by atomic mass is 9.96. The van der Waals surface area contributed by atoms with E-state index in [1.807, 2.05) is 24.0 Å². The number of carbonyl (C=O) groups excluding carboxylic acids is 1. The van der Waals surface area contributed by atoms with Crippen molar-refractivity contribution in [3.63, 3.8) is 0 Å². The molecule has 0 saturated heterocycles. The fourth-order valence-corrected chi connectivity index (χ4v) is 2.76. The van der Waals surface area contributed by atoms with Gasteiger partial charge in [0.25, 0.3) is 0 Å². The number of hydrogen-bond acceptors (Lipinski definition) is 2. The lowest BCUT2D eigenvalue weighted by molar-refractivity contribution is -0.119. The summed E-state index contributed by atoms with van der Waals surface area (Å²) in [5, 5.41) is 0. The van der Waals surface area contributed by atoms with Crippen LogP contribution in [0.1, 0.15) is 45.1 Å². The van der Waals surface area contributed by atoms with Crippen LogP contribution in [0.5, 0.6) is 0 Å². The number of amides is 1. The standard InChI is InChI=1S/C16H24N2O/c1-12(17)6-5-9-16(19)18-13(2)10-11-14-7-3-4-8-15(14)18/h3-4,7-8,12-13H,5-6,9-11,17H2,1-2H3. The summed E-state index contributed by atoms with van der Waals surface area (Å²) in [4.78, 5) is 14.4. The van der Waals surface area contributed by atoms with Crippen LogP contribution >= 0.6 is 0 Å². The van der Waals surface area contributed by atoms with Crippen LogP contribution in [0.15, 0.2) is 24.3 Å². The molecule has 2 unspecified atom stereocenters. The molecular formula is C16H24N2O. The Balaban J connectivity index is 2.08. The van der Waals surface area contributed by atoms with Gasteiger partial charge in [-0.25, -0.2) is 0 Å². The van der Waals surface area contributed by atoms with Crippen LogP contribution in [-0.4, -0.2) is 18.0 Å². The Morgan fingerprint density at radius 3 is 2.95 bits per heavy atom. The third-order valence-corrected chi connectivity index (χ3v) is 3.84. The Labute approximate surface area is 115 Å². The van der Waals surface area contributed by atoms with Crippen molar-refractivity contribution in [1.82, 2.24) is 0 Å². The lowest BCUT2D eigenvalue weighted by Gasteiger charge is -2.35. The Morgan fingerprint density at radius 2 is 2.21 bits per heavy atom. The zero-order valence-electron chi connectivity index (χ0n) is 11.9. The van der Waals surface area contributed by atoms with Gasteiger partial charge in [0.05, 0.1) is 0 Å². The van der Waals surface area contributed by atoms with Crippen LogP contribution in [0.3, 0.4) is 0 Å². The molecule has 0 bridgehead atoms. The SMILES string of the molecule is CC(N)CCCC(=O)N1c2ccccc2CCC1C. The van der Waals surface area contributed by atoms with Gasteiger partial charge in [0.15, 0.2) is 0 Å². The summed E-state index contributed by atoms with van der Waals surface area (Å²) in [6.45, 7) is 4.13. The highest BCUT2D eigenvalue weighted by molar-refractivity contribution is 5.95. The van der Waals surface area contributed by atoms with E-state index < -0.39 is 0 Å². The fourth-order valence-electron chi connectivity index (χ4n) is 2.76. The second-order valence-electron chi connectivity index (χ2n) is 5.65. The molecule has 3 nitrogen and oxygen atoms in total. The summed E-state index contributed by atoms with van der Waals surface area (Å²) in [6, 6.07) is 8.74. The highest BCUT2D eigenvalue weighted by Crippen LogP contribution is 2.31. The minimum absolute atomic E-state index is 0.180. The summed E-state index contributed by atoms with van der Waals surface area (Å²) in [5.74, 6) is 0.236. The molecule has 3 heteroatoms. The molecule has 0 aromatic heterocycles. The van der Waals surface area contributed by atoms with Crippen LogP contribution in [0.2, 0.25) is 0 Å². The number of hydrogen-bond donors (Lipinski definition) is 1. The maximum absolute atomic E-state index is 12.4. The topological polar surface area (TPSA) is 46.3 Å². The Bertz CT molecular complexity index is 442. The van der Waals surface area contributed by atoms with Gasteiger partial charge in [-0.3, -0.25) is 4.79 Å². The van der Waals surface area contributed by atoms with Gasteiger partial charge >= 0.3 is 0 Å². The average molecular weight is 260 g/mol. The number of nitrogens with zero attached hydrogens (tertiary/aromatic N) is 1. The molecule has 19 heavy (non-hydrogen) atoms. The Hall–Kier alpha value is -1.35. The molecule has 2 N–H and O–H groups in total. The maximum Gasteiger partial charge on any atom is 0.227 e. The Kier molecular flexibility index (Phi) is 4.59. The van der Waals surface area contributed by atoms with Crippen molar-refractivity contribution in [3.8, 4) is 0 Å². The first-order valence-electron chi connectivity index (χ1n) is 7.25. The average Bonchev–Trinajstić information content (AvgIpc) is 2.38. The molecule has 2 atom stereocenters. The Morgan fingerprint density at radius 1 is 1.47 bits per heavy atom. The van der Waals surface area contributed by atoms with Crippen molar-refractivity contribution in [3.05, 3.63) is 29.8 Å². The molecule has 0 saturated carbocycles. The smallest absolute Gasteiger partial charge is 0.227 e. The molecule has 1 amide bonds. The summed E-state index contributed by atoms with van der Waals surface area (Å²) >= 11 is 0. The third-order valence-electron chi connectivity index (χ3n) is 3.84. The van der Waals surface area contributed by atoms with E-state index in [2.05, 4.69) is 19.1 Å². The van der Waals surface area contributed by atoms with Crippen molar-refractivity contribution in [1.29, 1.82) is 0 Å². The highest BCUT2D eigenvalue weighted by atomic mass is 16.2. The van der Waals surface area contributed by atoms with Crippen LogP contribution in [0, 0.1) is 0 Å². The van der Waals surface area contributed by atoms with Gasteiger partial charge in [-0.15, -0.1) is 0 Å². The van der Waals surface area contributed by atoms with Crippen LogP contribution < -0.4 is 10.6 Å². The van der Waals surface area contributed by atoms with Gasteiger partial charge in [0.2, 0.25) is 5.91 Å². The van der Waals surface area contributed by atoms with Crippen molar-refractivity contribution in [2.24, 2.45) is 5.73 Å². The number of aryl methyl sites for hydroxylation is 1. The first kappa shape index (κ1) is 14.1. The monoisotopic (exact) mass is 260 g/mol. The van der Waals surface area contributed by atoms with Crippen LogP contribution in [0.4, 0.5) is 5.69 Å². The second kappa shape index (κ2) is 6.20. The van der Waals surface area contributed by atoms with Gasteiger partial charge in [-0.05, 0) is 51.2 Å². The van der Waals surface area contributed by atoms with E-state index in [-0.39, 0.29) is 11.9 Å². The van der Waals surface area contributed by atoms with E-state index in [1.165, 1.54) is 5.56 Å². The largest absolute Gasteiger partial charge is 0.328 e. The summed E-state index contributed by atoms with van der Waals surface area (Å²) in [7, 11) is 0. The van der Waals surface area contributed by atoms with Crippen molar-refractivity contribution >= 4 is 11.6 Å². The van der Waals surface area contributed by atoms with Gasteiger partial charge in [0, 0.05) is 24.2 Å². The highest BCUT2D eigenvalue weighted by Gasteiger charge is 2.27. The van der Waals surface area contributed by atoms with Crippen molar-refractivity contribution in [2.45, 2.75) is 58.0 Å². The predicted molar refractivity (Wildman–Crippen MR) is 79.2 cm³/mol. The van der Waals surface area contributed by atoms with E-state index in [9.17, 15) is 4.79 Å². The van der Waals surface area contributed by atoms with Gasteiger partial charge < -0.3 is 10.6 Å². The van der Waals surface area contributed by atoms with Crippen LogP contribution in [0.25, 0.3) is 0 Å². The quantitative estimate of drug-likeness (QED) is 0.904. The minimum atomic E-state index is 0.180. The number of para-hydroxylation sites is 1. The first-order chi connectivity index (χ1) is 9.09. The van der Waals surface area contributed by atoms with Crippen molar-refractivity contribution in [2.75, 3.05) is 4.90 Å². The number of nitrogens with two attached hydrogens (primary N) is 1. The summed E-state index contributed by atoms with van der Waals surface area (Å²) in [5.41, 5.74) is 8.13. The van der Waals surface area contributed by atoms with E-state index >= 15 is 0 Å². The normalized spacial score (nSPS) is 19.9. The zero-order chi connectivity index (χ0) is 13.8. The molecule has 104 valence electrons. The molecule has 1 aliphatic heterocycles. The first-order valence-corrected chi connectivity index (χ1v) is 7.25. The van der Waals surface area contributed by atoms with Gasteiger partial charge in [-0.1, -0.05) is 18.2 Å². The molecule has 1 aromatic carbocycles. The van der Waals surface area contributed by atoms with E-state index in [0.29, 0.717) is 12.5 Å². The van der Waals surface area contributed by atoms with Crippen molar-refractivity contribution < 1.29 is 4.79 Å². The van der Waals surface area contributed by atoms with Gasteiger partial charge in [-0.2, -0.15) is 0 Å². The molecule has 1 aromatic rings. The molecular weight excluding hydrogens is 236 g/mol. The summed E-state index contributed by atoms with van der Waals surface area (Å²) in [6.07, 6.45) is 4.51. The molecule has 0 aliphatic carbocycles. The number of benzene rings is 1. The van der Waals surface area contributed by atoms with E-state index in [0.717, 1.165) is 31.4 Å². The maximum atomic E-state index is 12.4. The van der Waals surface area contributed by atoms with Crippen LogP contribution in [-0.2, 0) is 11.2 Å². The zero-order valence-corrected chi connectivity index (χ0v) is 11.9. The third kappa shape index (κ3) is 3.35. The number of rotatable bonds is 4.